The van der Waals surface area contributed by atoms with E-state index in [1.807, 2.05) is 35.2 Å². The van der Waals surface area contributed by atoms with Crippen LogP contribution in [0, 0.1) is 0 Å². The fourth-order valence-electron chi connectivity index (χ4n) is 4.34. The van der Waals surface area contributed by atoms with Gasteiger partial charge in [0.15, 0.2) is 0 Å². The SMILES string of the molecule is N[C@H]1CCCCN(Cc2ccccc2)C1.N[C@H]1CCCCN(Cc2ccccc2)C1=O. The molecule has 0 spiro atoms. The number of benzene rings is 2. The van der Waals surface area contributed by atoms with E-state index < -0.39 is 0 Å². The van der Waals surface area contributed by atoms with Gasteiger partial charge in [0.1, 0.15) is 0 Å². The van der Waals surface area contributed by atoms with Crippen molar-refractivity contribution in [1.29, 1.82) is 0 Å². The molecule has 5 nitrogen and oxygen atoms in total. The zero-order chi connectivity index (χ0) is 21.9. The molecule has 2 saturated heterocycles. The molecule has 2 heterocycles. The summed E-state index contributed by atoms with van der Waals surface area (Å²) in [5, 5.41) is 0. The topological polar surface area (TPSA) is 75.6 Å². The molecule has 0 aliphatic carbocycles. The van der Waals surface area contributed by atoms with Crippen LogP contribution < -0.4 is 11.5 Å². The Bertz CT molecular complexity index is 767. The lowest BCUT2D eigenvalue weighted by Crippen LogP contribution is -2.41. The highest BCUT2D eigenvalue weighted by Gasteiger charge is 2.23. The van der Waals surface area contributed by atoms with Crippen LogP contribution >= 0.6 is 0 Å². The van der Waals surface area contributed by atoms with E-state index in [-0.39, 0.29) is 11.9 Å². The number of amides is 1. The van der Waals surface area contributed by atoms with E-state index in [2.05, 4.69) is 35.2 Å². The number of carbonyl (C=O) groups excluding carboxylic acids is 1. The van der Waals surface area contributed by atoms with Crippen LogP contribution in [0.25, 0.3) is 0 Å². The van der Waals surface area contributed by atoms with Gasteiger partial charge >= 0.3 is 0 Å². The van der Waals surface area contributed by atoms with Gasteiger partial charge in [-0.3, -0.25) is 9.69 Å². The third-order valence-corrected chi connectivity index (χ3v) is 6.08. The zero-order valence-electron chi connectivity index (χ0n) is 18.7. The Morgan fingerprint density at radius 1 is 0.742 bits per heavy atom. The molecular formula is C26H38N4O. The molecule has 0 aromatic heterocycles. The van der Waals surface area contributed by atoms with Crippen molar-refractivity contribution in [3.05, 3.63) is 71.8 Å². The minimum Gasteiger partial charge on any atom is -0.337 e. The summed E-state index contributed by atoms with van der Waals surface area (Å²) < 4.78 is 0. The molecule has 5 heteroatoms. The van der Waals surface area contributed by atoms with Gasteiger partial charge in [-0.05, 0) is 49.8 Å². The van der Waals surface area contributed by atoms with Gasteiger partial charge in [-0.1, -0.05) is 67.1 Å². The number of rotatable bonds is 4. The maximum absolute atomic E-state index is 12.0. The van der Waals surface area contributed by atoms with E-state index in [1.165, 1.54) is 36.9 Å². The summed E-state index contributed by atoms with van der Waals surface area (Å²) in [6.07, 6.45) is 6.70. The van der Waals surface area contributed by atoms with E-state index in [0.29, 0.717) is 12.6 Å². The molecule has 2 aromatic rings. The molecule has 168 valence electrons. The Labute approximate surface area is 187 Å². The Hall–Kier alpha value is -2.21. The van der Waals surface area contributed by atoms with E-state index in [4.69, 9.17) is 11.5 Å². The molecule has 2 aromatic carbocycles. The molecule has 0 unspecified atom stereocenters. The maximum atomic E-state index is 12.0. The van der Waals surface area contributed by atoms with E-state index in [9.17, 15) is 4.79 Å². The molecule has 1 amide bonds. The monoisotopic (exact) mass is 422 g/mol. The van der Waals surface area contributed by atoms with E-state index in [0.717, 1.165) is 38.9 Å². The number of hydrogen-bond donors (Lipinski definition) is 2. The third-order valence-electron chi connectivity index (χ3n) is 6.08. The van der Waals surface area contributed by atoms with Crippen LogP contribution in [0.4, 0.5) is 0 Å². The van der Waals surface area contributed by atoms with Crippen molar-refractivity contribution in [2.75, 3.05) is 19.6 Å². The van der Waals surface area contributed by atoms with Gasteiger partial charge in [0, 0.05) is 32.2 Å². The van der Waals surface area contributed by atoms with Crippen molar-refractivity contribution in [2.45, 2.75) is 63.7 Å². The van der Waals surface area contributed by atoms with Crippen molar-refractivity contribution in [1.82, 2.24) is 9.80 Å². The summed E-state index contributed by atoms with van der Waals surface area (Å²) in [6.45, 7) is 4.82. The summed E-state index contributed by atoms with van der Waals surface area (Å²) in [4.78, 5) is 16.3. The smallest absolute Gasteiger partial charge is 0.239 e. The second-order valence-corrected chi connectivity index (χ2v) is 8.82. The van der Waals surface area contributed by atoms with Crippen LogP contribution in [0.3, 0.4) is 0 Å². The Morgan fingerprint density at radius 2 is 1.32 bits per heavy atom. The molecule has 0 radical (unpaired) electrons. The molecule has 2 aliphatic rings. The number of nitrogens with two attached hydrogens (primary N) is 2. The molecular weight excluding hydrogens is 384 g/mol. The van der Waals surface area contributed by atoms with Gasteiger partial charge in [-0.25, -0.2) is 0 Å². The summed E-state index contributed by atoms with van der Waals surface area (Å²) in [6, 6.07) is 20.8. The number of hydrogen-bond acceptors (Lipinski definition) is 4. The Morgan fingerprint density at radius 3 is 2.00 bits per heavy atom. The van der Waals surface area contributed by atoms with Gasteiger partial charge in [0.05, 0.1) is 6.04 Å². The molecule has 2 aliphatic heterocycles. The van der Waals surface area contributed by atoms with Gasteiger partial charge in [0.2, 0.25) is 5.91 Å². The van der Waals surface area contributed by atoms with Gasteiger partial charge in [0.25, 0.3) is 0 Å². The Balaban J connectivity index is 0.000000176. The maximum Gasteiger partial charge on any atom is 0.239 e. The summed E-state index contributed by atoms with van der Waals surface area (Å²) in [5.74, 6) is 0.0985. The summed E-state index contributed by atoms with van der Waals surface area (Å²) in [7, 11) is 0. The van der Waals surface area contributed by atoms with Crippen molar-refractivity contribution in [3.63, 3.8) is 0 Å². The summed E-state index contributed by atoms with van der Waals surface area (Å²) >= 11 is 0. The van der Waals surface area contributed by atoms with Crippen molar-refractivity contribution in [2.24, 2.45) is 11.5 Å². The predicted molar refractivity (Wildman–Crippen MR) is 127 cm³/mol. The predicted octanol–water partition coefficient (Wildman–Crippen LogP) is 3.53. The molecule has 2 atom stereocenters. The van der Waals surface area contributed by atoms with Crippen LogP contribution in [0.5, 0.6) is 0 Å². The van der Waals surface area contributed by atoms with Gasteiger partial charge in [-0.2, -0.15) is 0 Å². The minimum atomic E-state index is -0.300. The number of carbonyl (C=O) groups is 1. The van der Waals surface area contributed by atoms with Crippen molar-refractivity contribution < 1.29 is 4.79 Å². The minimum absolute atomic E-state index is 0.0985. The van der Waals surface area contributed by atoms with Crippen LogP contribution in [0.1, 0.15) is 49.7 Å². The average Bonchev–Trinajstić information content (AvgIpc) is 3.09. The second kappa shape index (κ2) is 12.6. The van der Waals surface area contributed by atoms with Gasteiger partial charge < -0.3 is 16.4 Å². The summed E-state index contributed by atoms with van der Waals surface area (Å²) in [5.41, 5.74) is 14.4. The van der Waals surface area contributed by atoms with E-state index in [1.54, 1.807) is 0 Å². The zero-order valence-corrected chi connectivity index (χ0v) is 18.7. The Kier molecular flexibility index (Phi) is 9.53. The number of likely N-dealkylation sites (tertiary alicyclic amines) is 2. The standard InChI is InChI=1S/C13H18N2O.C13H20N2/c14-12-8-4-5-9-15(13(12)16)10-11-6-2-1-3-7-11;14-13-8-4-5-9-15(11-13)10-12-6-2-1-3-7-12/h1-3,6-7,12H,4-5,8-10,14H2;1-3,6-7,13H,4-5,8-11,14H2/t12-;13-/m00/s1. The average molecular weight is 423 g/mol. The first-order valence-electron chi connectivity index (χ1n) is 11.7. The molecule has 4 N–H and O–H groups in total. The van der Waals surface area contributed by atoms with Gasteiger partial charge in [-0.15, -0.1) is 0 Å². The van der Waals surface area contributed by atoms with Crippen LogP contribution in [-0.4, -0.2) is 47.4 Å². The lowest BCUT2D eigenvalue weighted by atomic mass is 10.1. The number of nitrogens with zero attached hydrogens (tertiary/aromatic N) is 2. The molecule has 0 saturated carbocycles. The van der Waals surface area contributed by atoms with Crippen LogP contribution in [0.2, 0.25) is 0 Å². The lowest BCUT2D eigenvalue weighted by molar-refractivity contribution is -0.132. The molecule has 4 rings (SSSR count). The molecule has 31 heavy (non-hydrogen) atoms. The molecule has 0 bridgehead atoms. The highest BCUT2D eigenvalue weighted by molar-refractivity contribution is 5.81. The van der Waals surface area contributed by atoms with Crippen molar-refractivity contribution in [3.8, 4) is 0 Å². The fraction of sp³-hybridized carbons (Fsp3) is 0.500. The first-order valence-corrected chi connectivity index (χ1v) is 11.7. The lowest BCUT2D eigenvalue weighted by Gasteiger charge is -2.22. The van der Waals surface area contributed by atoms with Crippen LogP contribution in [-0.2, 0) is 17.9 Å². The molecule has 2 fully saturated rings. The first kappa shape index (κ1) is 23.5. The fourth-order valence-corrected chi connectivity index (χ4v) is 4.34. The van der Waals surface area contributed by atoms with Crippen LogP contribution in [0.15, 0.2) is 60.7 Å². The highest BCUT2D eigenvalue weighted by atomic mass is 16.2. The normalized spacial score (nSPS) is 22.8. The third kappa shape index (κ3) is 8.09. The second-order valence-electron chi connectivity index (χ2n) is 8.82. The largest absolute Gasteiger partial charge is 0.337 e. The first-order chi connectivity index (χ1) is 15.1. The van der Waals surface area contributed by atoms with Crippen molar-refractivity contribution >= 4 is 5.91 Å². The highest BCUT2D eigenvalue weighted by Crippen LogP contribution is 2.14. The quantitative estimate of drug-likeness (QED) is 0.790. The van der Waals surface area contributed by atoms with E-state index >= 15 is 0 Å².